The Bertz CT molecular complexity index is 870. The standard InChI is InChI=1S/C22H24BrNO4/c1-15-10-11-18(23)12-17(15)13-19(24-21(26)28-22(2,3)4)20(25)27-14-16-8-6-5-7-9-16/h5-13H,14H2,1-4H3,(H,24,26). The van der Waals surface area contributed by atoms with Gasteiger partial charge in [-0.15, -0.1) is 0 Å². The first-order valence-electron chi connectivity index (χ1n) is 8.83. The van der Waals surface area contributed by atoms with Gasteiger partial charge in [-0.3, -0.25) is 5.32 Å². The maximum absolute atomic E-state index is 12.6. The molecule has 0 aliphatic heterocycles. The van der Waals surface area contributed by atoms with Crippen molar-refractivity contribution in [2.75, 3.05) is 0 Å². The van der Waals surface area contributed by atoms with E-state index in [0.29, 0.717) is 0 Å². The fraction of sp³-hybridized carbons (Fsp3) is 0.273. The van der Waals surface area contributed by atoms with Crippen LogP contribution >= 0.6 is 15.9 Å². The zero-order chi connectivity index (χ0) is 20.7. The summed E-state index contributed by atoms with van der Waals surface area (Å²) < 4.78 is 11.5. The Labute approximate surface area is 173 Å². The summed E-state index contributed by atoms with van der Waals surface area (Å²) in [4.78, 5) is 24.8. The minimum Gasteiger partial charge on any atom is -0.456 e. The zero-order valence-electron chi connectivity index (χ0n) is 16.4. The highest BCUT2D eigenvalue weighted by Gasteiger charge is 2.21. The molecule has 0 heterocycles. The average molecular weight is 446 g/mol. The third kappa shape index (κ3) is 7.19. The zero-order valence-corrected chi connectivity index (χ0v) is 18.0. The summed E-state index contributed by atoms with van der Waals surface area (Å²) in [6, 6.07) is 15.0. The van der Waals surface area contributed by atoms with Crippen molar-refractivity contribution in [3.63, 3.8) is 0 Å². The van der Waals surface area contributed by atoms with Crippen molar-refractivity contribution in [2.24, 2.45) is 0 Å². The topological polar surface area (TPSA) is 64.6 Å². The summed E-state index contributed by atoms with van der Waals surface area (Å²) in [5.74, 6) is -0.644. The molecule has 0 aromatic heterocycles. The van der Waals surface area contributed by atoms with Crippen LogP contribution in [0.2, 0.25) is 0 Å². The second-order valence-electron chi connectivity index (χ2n) is 7.25. The monoisotopic (exact) mass is 445 g/mol. The van der Waals surface area contributed by atoms with Gasteiger partial charge in [0.1, 0.15) is 17.9 Å². The molecule has 0 aliphatic rings. The van der Waals surface area contributed by atoms with Crippen LogP contribution in [0.3, 0.4) is 0 Å². The van der Waals surface area contributed by atoms with E-state index in [2.05, 4.69) is 21.2 Å². The molecule has 0 radical (unpaired) electrons. The Morgan fingerprint density at radius 3 is 2.43 bits per heavy atom. The minimum absolute atomic E-state index is 0.00591. The van der Waals surface area contributed by atoms with Gasteiger partial charge in [-0.1, -0.05) is 52.3 Å². The van der Waals surface area contributed by atoms with Crippen LogP contribution in [0.5, 0.6) is 0 Å². The highest BCUT2D eigenvalue weighted by atomic mass is 79.9. The number of nitrogens with one attached hydrogen (secondary N) is 1. The Hall–Kier alpha value is -2.60. The Morgan fingerprint density at radius 2 is 1.79 bits per heavy atom. The quantitative estimate of drug-likeness (QED) is 0.496. The summed E-state index contributed by atoms with van der Waals surface area (Å²) in [6.07, 6.45) is 0.861. The largest absolute Gasteiger partial charge is 0.456 e. The molecule has 0 bridgehead atoms. The molecule has 0 unspecified atom stereocenters. The van der Waals surface area contributed by atoms with Crippen LogP contribution in [0, 0.1) is 6.92 Å². The molecular weight excluding hydrogens is 422 g/mol. The molecular formula is C22H24BrNO4. The molecule has 0 spiro atoms. The first kappa shape index (κ1) is 21.7. The summed E-state index contributed by atoms with van der Waals surface area (Å²) in [5.41, 5.74) is 1.89. The number of ether oxygens (including phenoxy) is 2. The molecule has 2 rings (SSSR count). The molecule has 28 heavy (non-hydrogen) atoms. The van der Waals surface area contributed by atoms with Gasteiger partial charge in [-0.25, -0.2) is 9.59 Å². The number of carbonyl (C=O) groups is 2. The molecule has 2 aromatic carbocycles. The SMILES string of the molecule is Cc1ccc(Br)cc1C=C(NC(=O)OC(C)(C)C)C(=O)OCc1ccccc1. The van der Waals surface area contributed by atoms with Crippen LogP contribution < -0.4 is 5.32 Å². The number of esters is 1. The highest BCUT2D eigenvalue weighted by molar-refractivity contribution is 9.10. The highest BCUT2D eigenvalue weighted by Crippen LogP contribution is 2.19. The predicted octanol–water partition coefficient (Wildman–Crippen LogP) is 5.37. The van der Waals surface area contributed by atoms with Crippen molar-refractivity contribution in [3.8, 4) is 0 Å². The second kappa shape index (κ2) is 9.55. The molecule has 5 nitrogen and oxygen atoms in total. The van der Waals surface area contributed by atoms with E-state index < -0.39 is 17.7 Å². The molecule has 1 amide bonds. The summed E-state index contributed by atoms with van der Waals surface area (Å²) in [5, 5.41) is 2.51. The van der Waals surface area contributed by atoms with E-state index in [-0.39, 0.29) is 12.3 Å². The number of halogens is 1. The smallest absolute Gasteiger partial charge is 0.412 e. The third-order valence-corrected chi connectivity index (χ3v) is 4.10. The van der Waals surface area contributed by atoms with Gasteiger partial charge < -0.3 is 9.47 Å². The lowest BCUT2D eigenvalue weighted by Gasteiger charge is -2.20. The van der Waals surface area contributed by atoms with Crippen molar-refractivity contribution in [1.82, 2.24) is 5.32 Å². The van der Waals surface area contributed by atoms with Gasteiger partial charge in [0, 0.05) is 4.47 Å². The molecule has 0 atom stereocenters. The lowest BCUT2D eigenvalue weighted by molar-refractivity contribution is -0.140. The van der Waals surface area contributed by atoms with Gasteiger partial charge in [0.15, 0.2) is 0 Å². The maximum Gasteiger partial charge on any atom is 0.412 e. The van der Waals surface area contributed by atoms with E-state index in [1.807, 2.05) is 55.5 Å². The van der Waals surface area contributed by atoms with Crippen LogP contribution in [0.1, 0.15) is 37.5 Å². The van der Waals surface area contributed by atoms with Gasteiger partial charge in [0.25, 0.3) is 0 Å². The van der Waals surface area contributed by atoms with Gasteiger partial charge in [0.05, 0.1) is 0 Å². The van der Waals surface area contributed by atoms with E-state index in [1.54, 1.807) is 26.8 Å². The van der Waals surface area contributed by atoms with Gasteiger partial charge in [-0.05, 0) is 62.6 Å². The van der Waals surface area contributed by atoms with E-state index in [9.17, 15) is 9.59 Å². The summed E-state index contributed by atoms with van der Waals surface area (Å²) in [6.45, 7) is 7.27. The number of carbonyl (C=O) groups excluding carboxylic acids is 2. The summed E-state index contributed by atoms with van der Waals surface area (Å²) in [7, 11) is 0. The maximum atomic E-state index is 12.6. The molecule has 6 heteroatoms. The minimum atomic E-state index is -0.719. The molecule has 0 saturated heterocycles. The summed E-state index contributed by atoms with van der Waals surface area (Å²) >= 11 is 3.42. The van der Waals surface area contributed by atoms with Crippen molar-refractivity contribution in [2.45, 2.75) is 39.9 Å². The number of aryl methyl sites for hydroxylation is 1. The number of hydrogen-bond acceptors (Lipinski definition) is 4. The van der Waals surface area contributed by atoms with Crippen LogP contribution in [0.15, 0.2) is 58.7 Å². The molecule has 0 aliphatic carbocycles. The lowest BCUT2D eigenvalue weighted by atomic mass is 10.1. The number of rotatable bonds is 5. The molecule has 148 valence electrons. The van der Waals surface area contributed by atoms with Crippen molar-refractivity contribution in [3.05, 3.63) is 75.4 Å². The Kier molecular flexibility index (Phi) is 7.40. The van der Waals surface area contributed by atoms with Crippen molar-refractivity contribution >= 4 is 34.1 Å². The van der Waals surface area contributed by atoms with Crippen LogP contribution in [0.25, 0.3) is 6.08 Å². The van der Waals surface area contributed by atoms with Crippen molar-refractivity contribution in [1.29, 1.82) is 0 Å². The number of amides is 1. The fourth-order valence-corrected chi connectivity index (χ4v) is 2.66. The van der Waals surface area contributed by atoms with Crippen molar-refractivity contribution < 1.29 is 19.1 Å². The predicted molar refractivity (Wildman–Crippen MR) is 112 cm³/mol. The fourth-order valence-electron chi connectivity index (χ4n) is 2.28. The van der Waals surface area contributed by atoms with Crippen LogP contribution in [-0.2, 0) is 20.9 Å². The number of benzene rings is 2. The second-order valence-corrected chi connectivity index (χ2v) is 8.16. The molecule has 0 fully saturated rings. The normalized spacial score (nSPS) is 11.7. The molecule has 1 N–H and O–H groups in total. The molecule has 2 aromatic rings. The van der Waals surface area contributed by atoms with E-state index in [4.69, 9.17) is 9.47 Å². The first-order chi connectivity index (χ1) is 13.1. The Balaban J connectivity index is 2.24. The van der Waals surface area contributed by atoms with Gasteiger partial charge in [0.2, 0.25) is 0 Å². The third-order valence-electron chi connectivity index (χ3n) is 3.61. The van der Waals surface area contributed by atoms with Gasteiger partial charge >= 0.3 is 12.1 Å². The molecule has 0 saturated carbocycles. The van der Waals surface area contributed by atoms with E-state index >= 15 is 0 Å². The average Bonchev–Trinajstić information content (AvgIpc) is 2.61. The van der Waals surface area contributed by atoms with Crippen LogP contribution in [0.4, 0.5) is 4.79 Å². The number of alkyl carbamates (subject to hydrolysis) is 1. The lowest BCUT2D eigenvalue weighted by Crippen LogP contribution is -2.34. The van der Waals surface area contributed by atoms with E-state index in [1.165, 1.54) is 0 Å². The van der Waals surface area contributed by atoms with Crippen LogP contribution in [-0.4, -0.2) is 17.7 Å². The van der Waals surface area contributed by atoms with Gasteiger partial charge in [-0.2, -0.15) is 0 Å². The first-order valence-corrected chi connectivity index (χ1v) is 9.62. The Morgan fingerprint density at radius 1 is 1.11 bits per heavy atom. The number of hydrogen-bond donors (Lipinski definition) is 1. The van der Waals surface area contributed by atoms with E-state index in [0.717, 1.165) is 21.2 Å².